The maximum atomic E-state index is 11.5. The SMILES string of the molecule is CNCCCC(=O)NCC1CC2CCC1C2. The summed E-state index contributed by atoms with van der Waals surface area (Å²) in [5.74, 6) is 2.92. The molecule has 0 saturated heterocycles. The lowest BCUT2D eigenvalue weighted by atomic mass is 9.89. The minimum Gasteiger partial charge on any atom is -0.356 e. The first-order chi connectivity index (χ1) is 7.79. The summed E-state index contributed by atoms with van der Waals surface area (Å²) in [6.45, 7) is 1.86. The highest BCUT2D eigenvalue weighted by atomic mass is 16.1. The van der Waals surface area contributed by atoms with Gasteiger partial charge in [0, 0.05) is 13.0 Å². The zero-order chi connectivity index (χ0) is 11.4. The van der Waals surface area contributed by atoms with E-state index in [2.05, 4.69) is 10.6 Å². The molecule has 2 N–H and O–H groups in total. The van der Waals surface area contributed by atoms with Crippen LogP contribution in [-0.4, -0.2) is 26.0 Å². The minimum atomic E-state index is 0.234. The van der Waals surface area contributed by atoms with Gasteiger partial charge in [0.1, 0.15) is 0 Å². The topological polar surface area (TPSA) is 41.1 Å². The molecule has 16 heavy (non-hydrogen) atoms. The van der Waals surface area contributed by atoms with Crippen LogP contribution < -0.4 is 10.6 Å². The highest BCUT2D eigenvalue weighted by molar-refractivity contribution is 5.75. The lowest BCUT2D eigenvalue weighted by molar-refractivity contribution is -0.121. The summed E-state index contributed by atoms with van der Waals surface area (Å²) in [7, 11) is 1.92. The van der Waals surface area contributed by atoms with Crippen LogP contribution >= 0.6 is 0 Å². The van der Waals surface area contributed by atoms with Crippen LogP contribution in [0.2, 0.25) is 0 Å². The van der Waals surface area contributed by atoms with Crippen LogP contribution in [0.3, 0.4) is 0 Å². The maximum Gasteiger partial charge on any atom is 0.220 e. The molecule has 2 aliphatic rings. The number of nitrogens with one attached hydrogen (secondary N) is 2. The molecule has 0 heterocycles. The molecule has 0 aliphatic heterocycles. The molecule has 2 bridgehead atoms. The third-order valence-corrected chi connectivity index (χ3v) is 4.28. The fourth-order valence-electron chi connectivity index (χ4n) is 3.39. The van der Waals surface area contributed by atoms with Crippen molar-refractivity contribution in [2.75, 3.05) is 20.1 Å². The van der Waals surface area contributed by atoms with Crippen molar-refractivity contribution in [1.82, 2.24) is 10.6 Å². The van der Waals surface area contributed by atoms with Gasteiger partial charge in [-0.1, -0.05) is 6.42 Å². The number of fused-ring (bicyclic) bond motifs is 2. The third-order valence-electron chi connectivity index (χ3n) is 4.28. The number of amides is 1. The van der Waals surface area contributed by atoms with Crippen molar-refractivity contribution in [1.29, 1.82) is 0 Å². The van der Waals surface area contributed by atoms with Gasteiger partial charge in [-0.25, -0.2) is 0 Å². The summed E-state index contributed by atoms with van der Waals surface area (Å²) in [5, 5.41) is 6.16. The van der Waals surface area contributed by atoms with E-state index in [1.165, 1.54) is 25.7 Å². The van der Waals surface area contributed by atoms with Crippen LogP contribution in [0.5, 0.6) is 0 Å². The molecule has 0 aromatic heterocycles. The van der Waals surface area contributed by atoms with Gasteiger partial charge in [-0.15, -0.1) is 0 Å². The van der Waals surface area contributed by atoms with Gasteiger partial charge < -0.3 is 10.6 Å². The second-order valence-corrected chi connectivity index (χ2v) is 5.45. The lowest BCUT2D eigenvalue weighted by Crippen LogP contribution is -2.31. The molecule has 92 valence electrons. The molecule has 2 saturated carbocycles. The van der Waals surface area contributed by atoms with Crippen molar-refractivity contribution in [2.45, 2.75) is 38.5 Å². The first-order valence-electron chi connectivity index (χ1n) is 6.71. The highest BCUT2D eigenvalue weighted by Gasteiger charge is 2.39. The summed E-state index contributed by atoms with van der Waals surface area (Å²) in [5.41, 5.74) is 0. The van der Waals surface area contributed by atoms with Crippen molar-refractivity contribution < 1.29 is 4.79 Å². The van der Waals surface area contributed by atoms with Crippen LogP contribution in [0, 0.1) is 17.8 Å². The Morgan fingerprint density at radius 1 is 1.31 bits per heavy atom. The number of carbonyl (C=O) groups excluding carboxylic acids is 1. The van der Waals surface area contributed by atoms with Gasteiger partial charge in [0.15, 0.2) is 0 Å². The molecule has 1 amide bonds. The highest BCUT2D eigenvalue weighted by Crippen LogP contribution is 2.47. The van der Waals surface area contributed by atoms with Gasteiger partial charge in [0.25, 0.3) is 0 Å². The number of hydrogen-bond acceptors (Lipinski definition) is 2. The second kappa shape index (κ2) is 5.67. The van der Waals surface area contributed by atoms with Crippen molar-refractivity contribution in [3.05, 3.63) is 0 Å². The fraction of sp³-hybridized carbons (Fsp3) is 0.923. The first kappa shape index (κ1) is 11.9. The summed E-state index contributed by atoms with van der Waals surface area (Å²) in [6.07, 6.45) is 7.25. The Morgan fingerprint density at radius 2 is 2.19 bits per heavy atom. The average Bonchev–Trinajstić information content (AvgIpc) is 2.88. The van der Waals surface area contributed by atoms with Crippen molar-refractivity contribution in [3.8, 4) is 0 Å². The van der Waals surface area contributed by atoms with Crippen LogP contribution in [0.15, 0.2) is 0 Å². The van der Waals surface area contributed by atoms with Crippen LogP contribution in [0.1, 0.15) is 38.5 Å². The summed E-state index contributed by atoms with van der Waals surface area (Å²) in [6, 6.07) is 0. The van der Waals surface area contributed by atoms with E-state index in [9.17, 15) is 4.79 Å². The smallest absolute Gasteiger partial charge is 0.220 e. The molecule has 3 unspecified atom stereocenters. The second-order valence-electron chi connectivity index (χ2n) is 5.45. The molecule has 3 heteroatoms. The van der Waals surface area contributed by atoms with Crippen LogP contribution in [0.4, 0.5) is 0 Å². The predicted molar refractivity (Wildman–Crippen MR) is 65.1 cm³/mol. The van der Waals surface area contributed by atoms with Gasteiger partial charge in [0.2, 0.25) is 5.91 Å². The molecule has 0 spiro atoms. The number of hydrogen-bond donors (Lipinski definition) is 2. The van der Waals surface area contributed by atoms with E-state index in [4.69, 9.17) is 0 Å². The quantitative estimate of drug-likeness (QED) is 0.672. The Morgan fingerprint density at radius 3 is 2.81 bits per heavy atom. The van der Waals surface area contributed by atoms with Gasteiger partial charge in [-0.05, 0) is 57.0 Å². The normalized spacial score (nSPS) is 31.9. The zero-order valence-corrected chi connectivity index (χ0v) is 10.3. The lowest BCUT2D eigenvalue weighted by Gasteiger charge is -2.21. The molecule has 0 radical (unpaired) electrons. The van der Waals surface area contributed by atoms with E-state index in [0.717, 1.165) is 37.3 Å². The molecular weight excluding hydrogens is 200 g/mol. The molecule has 3 nitrogen and oxygen atoms in total. The molecular formula is C13H24N2O. The van der Waals surface area contributed by atoms with E-state index >= 15 is 0 Å². The predicted octanol–water partition coefficient (Wildman–Crippen LogP) is 1.54. The zero-order valence-electron chi connectivity index (χ0n) is 10.3. The molecule has 2 aliphatic carbocycles. The largest absolute Gasteiger partial charge is 0.356 e. The Kier molecular flexibility index (Phi) is 4.22. The molecule has 0 aromatic rings. The summed E-state index contributed by atoms with van der Waals surface area (Å²) >= 11 is 0. The van der Waals surface area contributed by atoms with E-state index in [-0.39, 0.29) is 5.91 Å². The third kappa shape index (κ3) is 2.97. The molecule has 0 aromatic carbocycles. The van der Waals surface area contributed by atoms with E-state index in [1.54, 1.807) is 0 Å². The first-order valence-corrected chi connectivity index (χ1v) is 6.71. The van der Waals surface area contributed by atoms with Crippen molar-refractivity contribution in [2.24, 2.45) is 17.8 Å². The fourth-order valence-corrected chi connectivity index (χ4v) is 3.39. The Labute approximate surface area is 98.4 Å². The monoisotopic (exact) mass is 224 g/mol. The van der Waals surface area contributed by atoms with Crippen molar-refractivity contribution in [3.63, 3.8) is 0 Å². The van der Waals surface area contributed by atoms with E-state index in [0.29, 0.717) is 6.42 Å². The summed E-state index contributed by atoms with van der Waals surface area (Å²) < 4.78 is 0. The molecule has 2 fully saturated rings. The van der Waals surface area contributed by atoms with Gasteiger partial charge in [-0.3, -0.25) is 4.79 Å². The van der Waals surface area contributed by atoms with Gasteiger partial charge in [-0.2, -0.15) is 0 Å². The van der Waals surface area contributed by atoms with Crippen molar-refractivity contribution >= 4 is 5.91 Å². The van der Waals surface area contributed by atoms with Crippen LogP contribution in [-0.2, 0) is 4.79 Å². The minimum absolute atomic E-state index is 0.234. The standard InChI is InChI=1S/C13H24N2O/c1-14-6-2-3-13(16)15-9-12-8-10-4-5-11(12)7-10/h10-12,14H,2-9H2,1H3,(H,15,16). The number of rotatable bonds is 6. The van der Waals surface area contributed by atoms with Crippen LogP contribution in [0.25, 0.3) is 0 Å². The number of carbonyl (C=O) groups is 1. The molecule has 2 rings (SSSR count). The maximum absolute atomic E-state index is 11.5. The van der Waals surface area contributed by atoms with E-state index in [1.807, 2.05) is 7.05 Å². The van der Waals surface area contributed by atoms with Gasteiger partial charge >= 0.3 is 0 Å². The van der Waals surface area contributed by atoms with E-state index < -0.39 is 0 Å². The van der Waals surface area contributed by atoms with Gasteiger partial charge in [0.05, 0.1) is 0 Å². The summed E-state index contributed by atoms with van der Waals surface area (Å²) in [4.78, 5) is 11.5. The molecule has 3 atom stereocenters. The Balaban J connectivity index is 1.59. The Bertz CT molecular complexity index is 242. The average molecular weight is 224 g/mol. The Hall–Kier alpha value is -0.570.